The van der Waals surface area contributed by atoms with Crippen LogP contribution in [0.25, 0.3) is 11.3 Å². The maximum Gasteiger partial charge on any atom is 0.303 e. The predicted molar refractivity (Wildman–Crippen MR) is 63.8 cm³/mol. The highest BCUT2D eigenvalue weighted by atomic mass is 16.5. The monoisotopic (exact) mass is 231 g/mol. The highest BCUT2D eigenvalue weighted by Gasteiger charge is 2.08. The van der Waals surface area contributed by atoms with E-state index in [-0.39, 0.29) is 18.0 Å². The molecule has 0 amide bonds. The van der Waals surface area contributed by atoms with E-state index in [1.165, 1.54) is 13.0 Å². The van der Waals surface area contributed by atoms with Crippen molar-refractivity contribution in [3.8, 4) is 11.3 Å². The van der Waals surface area contributed by atoms with Crippen LogP contribution in [0.1, 0.15) is 12.6 Å². The van der Waals surface area contributed by atoms with E-state index in [1.807, 2.05) is 23.7 Å². The van der Waals surface area contributed by atoms with Crippen molar-refractivity contribution in [3.63, 3.8) is 0 Å². The van der Waals surface area contributed by atoms with E-state index in [2.05, 4.69) is 0 Å². The molecule has 2 aliphatic rings. The summed E-state index contributed by atoms with van der Waals surface area (Å²) in [5.41, 5.74) is 2.64. The molecule has 0 N–H and O–H groups in total. The molecule has 1 aliphatic carbocycles. The summed E-state index contributed by atoms with van der Waals surface area (Å²) >= 11 is 0. The molecule has 0 spiro atoms. The number of benzene rings is 1. The van der Waals surface area contributed by atoms with Gasteiger partial charge in [-0.15, -0.1) is 0 Å². The highest BCUT2D eigenvalue weighted by Crippen LogP contribution is 2.20. The first-order valence-corrected chi connectivity index (χ1v) is 5.30. The number of nitrogens with zero attached hydrogens (tertiary/aromatic N) is 1. The van der Waals surface area contributed by atoms with Gasteiger partial charge in [0, 0.05) is 20.0 Å². The number of fused-ring (bicyclic) bond motifs is 1. The first-order chi connectivity index (χ1) is 8.08. The van der Waals surface area contributed by atoms with Crippen molar-refractivity contribution < 1.29 is 9.53 Å². The second-order valence-electron chi connectivity index (χ2n) is 3.88. The lowest BCUT2D eigenvalue weighted by Crippen LogP contribution is -2.11. The van der Waals surface area contributed by atoms with Gasteiger partial charge in [-0.3, -0.25) is 9.59 Å². The van der Waals surface area contributed by atoms with E-state index >= 15 is 0 Å². The molecule has 88 valence electrons. The maximum atomic E-state index is 11.3. The Bertz CT molecular complexity index is 586. The van der Waals surface area contributed by atoms with E-state index < -0.39 is 0 Å². The molecule has 0 aromatic carbocycles. The van der Waals surface area contributed by atoms with Crippen LogP contribution < -0.4 is 5.43 Å². The standard InChI is InChI=1S/C13H13NO3/c1-9(15)17-8-11-5-3-10-4-6-12(16)7-13(10)14(11)2/h3-7H,8H2,1-2H3. The SMILES string of the molecule is CC(=O)OCc1ccc2ccc(=O)cc-2n1C. The van der Waals surface area contributed by atoms with Crippen LogP contribution in [0, 0.1) is 0 Å². The summed E-state index contributed by atoms with van der Waals surface area (Å²) in [7, 11) is 1.85. The Morgan fingerprint density at radius 1 is 1.29 bits per heavy atom. The average Bonchev–Trinajstić information content (AvgIpc) is 2.29. The number of hydrogen-bond acceptors (Lipinski definition) is 3. The third-order valence-electron chi connectivity index (χ3n) is 2.67. The summed E-state index contributed by atoms with van der Waals surface area (Å²) in [6, 6.07) is 8.69. The topological polar surface area (TPSA) is 48.3 Å². The van der Waals surface area contributed by atoms with Gasteiger partial charge in [0.1, 0.15) is 6.61 Å². The van der Waals surface area contributed by atoms with Gasteiger partial charge in [-0.05, 0) is 23.8 Å². The van der Waals surface area contributed by atoms with Crippen LogP contribution in [0.3, 0.4) is 0 Å². The molecule has 4 nitrogen and oxygen atoms in total. The molecule has 0 bridgehead atoms. The van der Waals surface area contributed by atoms with Crippen LogP contribution in [-0.4, -0.2) is 10.5 Å². The van der Waals surface area contributed by atoms with Gasteiger partial charge in [-0.1, -0.05) is 6.07 Å². The molecule has 2 rings (SSSR count). The minimum atomic E-state index is -0.317. The third-order valence-corrected chi connectivity index (χ3v) is 2.67. The Kier molecular flexibility index (Phi) is 2.95. The summed E-state index contributed by atoms with van der Waals surface area (Å²) in [6.45, 7) is 1.58. The first kappa shape index (κ1) is 11.4. The molecule has 0 unspecified atom stereocenters. The van der Waals surface area contributed by atoms with Gasteiger partial charge >= 0.3 is 5.97 Å². The van der Waals surface area contributed by atoms with Gasteiger partial charge in [0.15, 0.2) is 5.43 Å². The molecule has 0 saturated carbocycles. The quantitative estimate of drug-likeness (QED) is 0.737. The second-order valence-corrected chi connectivity index (χ2v) is 3.88. The van der Waals surface area contributed by atoms with Gasteiger partial charge in [0.05, 0.1) is 11.4 Å². The van der Waals surface area contributed by atoms with Gasteiger partial charge in [0.2, 0.25) is 0 Å². The van der Waals surface area contributed by atoms with E-state index in [0.29, 0.717) is 0 Å². The van der Waals surface area contributed by atoms with Crippen LogP contribution >= 0.6 is 0 Å². The predicted octanol–water partition coefficient (Wildman–Crippen LogP) is 1.55. The number of rotatable bonds is 2. The Hall–Kier alpha value is -2.10. The lowest BCUT2D eigenvalue weighted by molar-refractivity contribution is -0.142. The average molecular weight is 231 g/mol. The molecule has 0 saturated heterocycles. The van der Waals surface area contributed by atoms with E-state index in [9.17, 15) is 9.59 Å². The molecule has 1 heterocycles. The third kappa shape index (κ3) is 2.36. The fourth-order valence-electron chi connectivity index (χ4n) is 1.73. The smallest absolute Gasteiger partial charge is 0.303 e. The second kappa shape index (κ2) is 4.41. The molecule has 0 aromatic rings. The van der Waals surface area contributed by atoms with Crippen LogP contribution in [0.5, 0.6) is 0 Å². The van der Waals surface area contributed by atoms with Gasteiger partial charge in [-0.25, -0.2) is 0 Å². The Morgan fingerprint density at radius 2 is 2.00 bits per heavy atom. The molecule has 0 atom stereocenters. The van der Waals surface area contributed by atoms with Crippen LogP contribution in [0.4, 0.5) is 0 Å². The molecular weight excluding hydrogens is 218 g/mol. The zero-order valence-electron chi connectivity index (χ0n) is 9.77. The normalized spacial score (nSPS) is 10.5. The minimum Gasteiger partial charge on any atom is -0.459 e. The number of pyridine rings is 1. The van der Waals surface area contributed by atoms with Gasteiger partial charge in [-0.2, -0.15) is 0 Å². The lowest BCUT2D eigenvalue weighted by atomic mass is 10.1. The van der Waals surface area contributed by atoms with Gasteiger partial charge in [0.25, 0.3) is 0 Å². The van der Waals surface area contributed by atoms with Crippen molar-refractivity contribution in [3.05, 3.63) is 46.2 Å². The first-order valence-electron chi connectivity index (χ1n) is 5.30. The highest BCUT2D eigenvalue weighted by molar-refractivity contribution is 5.66. The van der Waals surface area contributed by atoms with Crippen molar-refractivity contribution in [2.45, 2.75) is 13.5 Å². The summed E-state index contributed by atoms with van der Waals surface area (Å²) in [6.07, 6.45) is 0. The van der Waals surface area contributed by atoms with Crippen molar-refractivity contribution in [2.24, 2.45) is 7.05 Å². The zero-order chi connectivity index (χ0) is 12.4. The molecule has 0 fully saturated rings. The molecule has 1 aliphatic heterocycles. The molecule has 17 heavy (non-hydrogen) atoms. The van der Waals surface area contributed by atoms with Crippen molar-refractivity contribution in [2.75, 3.05) is 0 Å². The number of carbonyl (C=O) groups excluding carboxylic acids is 1. The lowest BCUT2D eigenvalue weighted by Gasteiger charge is -2.16. The number of hydrogen-bond donors (Lipinski definition) is 0. The van der Waals surface area contributed by atoms with Crippen LogP contribution in [0.15, 0.2) is 35.1 Å². The summed E-state index contributed by atoms with van der Waals surface area (Å²) in [5.74, 6) is -0.317. The van der Waals surface area contributed by atoms with Crippen molar-refractivity contribution >= 4 is 5.97 Å². The summed E-state index contributed by atoms with van der Waals surface area (Å²) < 4.78 is 6.81. The fourth-order valence-corrected chi connectivity index (χ4v) is 1.73. The van der Waals surface area contributed by atoms with Crippen LogP contribution in [0.2, 0.25) is 0 Å². The van der Waals surface area contributed by atoms with E-state index in [0.717, 1.165) is 17.0 Å². The van der Waals surface area contributed by atoms with Crippen molar-refractivity contribution in [1.82, 2.24) is 4.57 Å². The zero-order valence-corrected chi connectivity index (χ0v) is 9.77. The number of esters is 1. The Morgan fingerprint density at radius 3 is 2.71 bits per heavy atom. The minimum absolute atomic E-state index is 0.0299. The van der Waals surface area contributed by atoms with Crippen LogP contribution in [-0.2, 0) is 23.2 Å². The fraction of sp³-hybridized carbons (Fsp3) is 0.231. The van der Waals surface area contributed by atoms with Crippen molar-refractivity contribution in [1.29, 1.82) is 0 Å². The number of ether oxygens (including phenoxy) is 1. The van der Waals surface area contributed by atoms with E-state index in [1.54, 1.807) is 12.1 Å². The number of carbonyl (C=O) groups is 1. The Labute approximate surface area is 98.8 Å². The van der Waals surface area contributed by atoms with Gasteiger partial charge < -0.3 is 9.30 Å². The molecule has 0 radical (unpaired) electrons. The summed E-state index contributed by atoms with van der Waals surface area (Å²) in [4.78, 5) is 22.1. The number of aromatic nitrogens is 1. The largest absolute Gasteiger partial charge is 0.459 e. The maximum absolute atomic E-state index is 11.3. The molecular formula is C13H13NO3. The summed E-state index contributed by atoms with van der Waals surface area (Å²) in [5, 5.41) is 0. The molecule has 4 heteroatoms. The van der Waals surface area contributed by atoms with E-state index in [4.69, 9.17) is 4.74 Å². The molecule has 0 aromatic heterocycles. The Balaban J connectivity index is 2.46.